The monoisotopic (exact) mass is 337 g/mol. The van der Waals surface area contributed by atoms with Crippen LogP contribution in [0.5, 0.6) is 0 Å². The molecule has 2 aromatic rings. The fraction of sp³-hybridized carbons (Fsp3) is 0.476. The highest BCUT2D eigenvalue weighted by Gasteiger charge is 2.26. The number of rotatable bonds is 5. The highest BCUT2D eigenvalue weighted by molar-refractivity contribution is 5.34. The number of piperidine rings is 1. The summed E-state index contributed by atoms with van der Waals surface area (Å²) >= 11 is 0. The van der Waals surface area contributed by atoms with Crippen LogP contribution in [0.4, 0.5) is 0 Å². The first-order valence-electron chi connectivity index (χ1n) is 9.08. The van der Waals surface area contributed by atoms with Gasteiger partial charge in [-0.1, -0.05) is 30.3 Å². The average molecular weight is 337 g/mol. The Kier molecular flexibility index (Phi) is 5.57. The second-order valence-corrected chi connectivity index (χ2v) is 7.18. The van der Waals surface area contributed by atoms with E-state index in [0.29, 0.717) is 5.92 Å². The van der Waals surface area contributed by atoms with E-state index in [1.165, 1.54) is 16.8 Å². The Hall–Kier alpha value is -2.09. The number of aliphatic hydroxyl groups is 1. The zero-order chi connectivity index (χ0) is 17.8. The fourth-order valence-corrected chi connectivity index (χ4v) is 3.79. The maximum atomic E-state index is 10.6. The van der Waals surface area contributed by atoms with E-state index in [4.69, 9.17) is 5.26 Å². The molecule has 0 radical (unpaired) electrons. The lowest BCUT2D eigenvalue weighted by atomic mass is 9.88. The van der Waals surface area contributed by atoms with Crippen molar-refractivity contribution in [1.82, 2.24) is 9.47 Å². The summed E-state index contributed by atoms with van der Waals surface area (Å²) in [6.07, 6.45) is 2.55. The predicted octanol–water partition coefficient (Wildman–Crippen LogP) is 3.02. The van der Waals surface area contributed by atoms with Crippen LogP contribution >= 0.6 is 0 Å². The second-order valence-electron chi connectivity index (χ2n) is 7.18. The summed E-state index contributed by atoms with van der Waals surface area (Å²) in [5, 5.41) is 19.7. The third-order valence-electron chi connectivity index (χ3n) is 5.61. The summed E-state index contributed by atoms with van der Waals surface area (Å²) < 4.78 is 1.96. The molecule has 2 heterocycles. The fourth-order valence-electron chi connectivity index (χ4n) is 3.79. The topological polar surface area (TPSA) is 52.2 Å². The van der Waals surface area contributed by atoms with Gasteiger partial charge < -0.3 is 9.67 Å². The Labute approximate surface area is 150 Å². The van der Waals surface area contributed by atoms with Crippen LogP contribution < -0.4 is 0 Å². The molecule has 1 saturated heterocycles. The molecule has 1 aromatic heterocycles. The Bertz CT molecular complexity index is 736. The van der Waals surface area contributed by atoms with Crippen molar-refractivity contribution in [3.63, 3.8) is 0 Å². The molecule has 0 spiro atoms. The molecule has 25 heavy (non-hydrogen) atoms. The number of aliphatic hydroxyl groups excluding tert-OH is 1. The maximum absolute atomic E-state index is 10.6. The van der Waals surface area contributed by atoms with Crippen LogP contribution in [-0.2, 0) is 20.0 Å². The van der Waals surface area contributed by atoms with E-state index in [9.17, 15) is 5.11 Å². The van der Waals surface area contributed by atoms with Crippen molar-refractivity contribution in [2.75, 3.05) is 13.1 Å². The van der Waals surface area contributed by atoms with Crippen molar-refractivity contribution >= 4 is 0 Å². The number of benzene rings is 1. The zero-order valence-electron chi connectivity index (χ0n) is 15.2. The van der Waals surface area contributed by atoms with E-state index in [2.05, 4.69) is 30.0 Å². The van der Waals surface area contributed by atoms with Gasteiger partial charge in [0.25, 0.3) is 0 Å². The van der Waals surface area contributed by atoms with Crippen LogP contribution in [0.25, 0.3) is 0 Å². The van der Waals surface area contributed by atoms with Gasteiger partial charge in [-0.3, -0.25) is 4.90 Å². The van der Waals surface area contributed by atoms with Gasteiger partial charge in [0.15, 0.2) is 0 Å². The Morgan fingerprint density at radius 2 is 1.92 bits per heavy atom. The molecule has 0 amide bonds. The molecule has 1 aliphatic heterocycles. The van der Waals surface area contributed by atoms with Crippen LogP contribution in [0.15, 0.2) is 36.4 Å². The van der Waals surface area contributed by atoms with Gasteiger partial charge in [0, 0.05) is 19.3 Å². The van der Waals surface area contributed by atoms with E-state index < -0.39 is 0 Å². The summed E-state index contributed by atoms with van der Waals surface area (Å²) in [7, 11) is 1.95. The summed E-state index contributed by atoms with van der Waals surface area (Å²) in [4.78, 5) is 2.44. The van der Waals surface area contributed by atoms with E-state index in [0.717, 1.165) is 44.6 Å². The van der Waals surface area contributed by atoms with Crippen molar-refractivity contribution in [1.29, 1.82) is 5.26 Å². The van der Waals surface area contributed by atoms with Crippen molar-refractivity contribution in [3.8, 4) is 6.07 Å². The Balaban J connectivity index is 1.53. The molecular formula is C21H27N3O. The molecule has 0 aliphatic carbocycles. The first kappa shape index (κ1) is 17.7. The Morgan fingerprint density at radius 1 is 1.24 bits per heavy atom. The van der Waals surface area contributed by atoms with Gasteiger partial charge in [0.2, 0.25) is 0 Å². The van der Waals surface area contributed by atoms with E-state index in [1.54, 1.807) is 0 Å². The van der Waals surface area contributed by atoms with E-state index >= 15 is 0 Å². The average Bonchev–Trinajstić information content (AvgIpc) is 2.91. The summed E-state index contributed by atoms with van der Waals surface area (Å²) in [5.41, 5.74) is 4.34. The third kappa shape index (κ3) is 4.12. The third-order valence-corrected chi connectivity index (χ3v) is 5.61. The molecule has 3 rings (SSSR count). The van der Waals surface area contributed by atoms with Gasteiger partial charge in [-0.25, -0.2) is 0 Å². The lowest BCUT2D eigenvalue weighted by molar-refractivity contribution is 0.0576. The lowest BCUT2D eigenvalue weighted by Gasteiger charge is -2.34. The van der Waals surface area contributed by atoms with Crippen molar-refractivity contribution < 1.29 is 5.11 Å². The summed E-state index contributed by atoms with van der Waals surface area (Å²) in [6, 6.07) is 14.5. The Morgan fingerprint density at radius 3 is 2.52 bits per heavy atom. The molecule has 1 aromatic carbocycles. The molecular weight excluding hydrogens is 310 g/mol. The number of nitriles is 1. The number of hydrogen-bond donors (Lipinski definition) is 1. The van der Waals surface area contributed by atoms with Gasteiger partial charge in [-0.05, 0) is 62.4 Å². The highest BCUT2D eigenvalue weighted by Crippen LogP contribution is 2.25. The van der Waals surface area contributed by atoms with Crippen LogP contribution in [0.1, 0.15) is 35.4 Å². The van der Waals surface area contributed by atoms with Crippen LogP contribution in [-0.4, -0.2) is 33.8 Å². The summed E-state index contributed by atoms with van der Waals surface area (Å²) in [5.74, 6) is 0.378. The smallest absolute Gasteiger partial charge is 0.120 e. The van der Waals surface area contributed by atoms with Gasteiger partial charge in [-0.2, -0.15) is 5.26 Å². The molecule has 0 unspecified atom stereocenters. The van der Waals surface area contributed by atoms with Crippen molar-refractivity contribution in [2.24, 2.45) is 13.0 Å². The van der Waals surface area contributed by atoms with E-state index in [1.807, 2.05) is 35.9 Å². The molecule has 0 saturated carbocycles. The van der Waals surface area contributed by atoms with Gasteiger partial charge in [0.1, 0.15) is 11.8 Å². The SMILES string of the molecule is Cc1c(CN2CCC([C@H](O)Cc3ccccc3)CC2)cc(C#N)n1C. The molecule has 4 nitrogen and oxygen atoms in total. The van der Waals surface area contributed by atoms with Crippen LogP contribution in [0.3, 0.4) is 0 Å². The van der Waals surface area contributed by atoms with Crippen LogP contribution in [0, 0.1) is 24.2 Å². The number of aromatic nitrogens is 1. The van der Waals surface area contributed by atoms with Crippen molar-refractivity contribution in [3.05, 3.63) is 58.9 Å². The molecule has 1 N–H and O–H groups in total. The molecule has 0 bridgehead atoms. The lowest BCUT2D eigenvalue weighted by Crippen LogP contribution is -2.38. The minimum absolute atomic E-state index is 0.256. The molecule has 1 fully saturated rings. The number of nitrogens with zero attached hydrogens (tertiary/aromatic N) is 3. The normalized spacial score (nSPS) is 17.4. The first-order valence-corrected chi connectivity index (χ1v) is 9.08. The first-order chi connectivity index (χ1) is 12.1. The summed E-state index contributed by atoms with van der Waals surface area (Å²) in [6.45, 7) is 4.98. The maximum Gasteiger partial charge on any atom is 0.120 e. The quantitative estimate of drug-likeness (QED) is 0.912. The predicted molar refractivity (Wildman–Crippen MR) is 99.0 cm³/mol. The number of hydrogen-bond acceptors (Lipinski definition) is 3. The highest BCUT2D eigenvalue weighted by atomic mass is 16.3. The molecule has 1 aliphatic rings. The van der Waals surface area contributed by atoms with Gasteiger partial charge >= 0.3 is 0 Å². The molecule has 1 atom stereocenters. The molecule has 4 heteroatoms. The minimum Gasteiger partial charge on any atom is -0.392 e. The second kappa shape index (κ2) is 7.86. The van der Waals surface area contributed by atoms with E-state index in [-0.39, 0.29) is 6.10 Å². The largest absolute Gasteiger partial charge is 0.392 e. The standard InChI is InChI=1S/C21H27N3O/c1-16-19(13-20(14-22)23(16)2)15-24-10-8-18(9-11-24)21(25)12-17-6-4-3-5-7-17/h3-7,13,18,21,25H,8-12,15H2,1-2H3/t21-/m1/s1. The minimum atomic E-state index is -0.256. The van der Waals surface area contributed by atoms with Crippen LogP contribution in [0.2, 0.25) is 0 Å². The van der Waals surface area contributed by atoms with Gasteiger partial charge in [0.05, 0.1) is 6.10 Å². The zero-order valence-corrected chi connectivity index (χ0v) is 15.2. The molecule has 132 valence electrons. The van der Waals surface area contributed by atoms with Crippen molar-refractivity contribution in [2.45, 2.75) is 38.8 Å². The van der Waals surface area contributed by atoms with Gasteiger partial charge in [-0.15, -0.1) is 0 Å². The number of likely N-dealkylation sites (tertiary alicyclic amines) is 1.